The van der Waals surface area contributed by atoms with E-state index in [0.29, 0.717) is 25.0 Å². The van der Waals surface area contributed by atoms with Gasteiger partial charge in [-0.25, -0.2) is 0 Å². The molecule has 1 fully saturated rings. The Labute approximate surface area is 456 Å². The molecule has 0 aromatic carbocycles. The van der Waals surface area contributed by atoms with E-state index in [2.05, 4.69) is 61.1 Å². The molecule has 1 N–H and O–H groups in total. The van der Waals surface area contributed by atoms with E-state index >= 15 is 0 Å². The summed E-state index contributed by atoms with van der Waals surface area (Å²) >= 11 is 0. The summed E-state index contributed by atoms with van der Waals surface area (Å²) in [5.41, 5.74) is 0. The molecule has 0 bridgehead atoms. The van der Waals surface area contributed by atoms with Crippen molar-refractivity contribution in [1.29, 1.82) is 0 Å². The molecule has 0 radical (unpaired) electrons. The summed E-state index contributed by atoms with van der Waals surface area (Å²) in [6.45, 7) is 27.3. The molecule has 0 aromatic heterocycles. The van der Waals surface area contributed by atoms with Crippen LogP contribution < -0.4 is 0 Å². The van der Waals surface area contributed by atoms with Crippen LogP contribution in [0.4, 0.5) is 0 Å². The van der Waals surface area contributed by atoms with Crippen molar-refractivity contribution in [2.75, 3.05) is 78.6 Å². The zero-order valence-corrected chi connectivity index (χ0v) is 51.7. The van der Waals surface area contributed by atoms with Gasteiger partial charge in [-0.3, -0.25) is 9.69 Å². The van der Waals surface area contributed by atoms with Crippen LogP contribution in [0.25, 0.3) is 0 Å². The van der Waals surface area contributed by atoms with E-state index in [-0.39, 0.29) is 21.1 Å². The first-order valence-electron chi connectivity index (χ1n) is 31.8. The van der Waals surface area contributed by atoms with Crippen LogP contribution in [0.15, 0.2) is 0 Å². The molecule has 1 aliphatic heterocycles. The number of hydrogen-bond acceptors (Lipinski definition) is 5. The summed E-state index contributed by atoms with van der Waals surface area (Å²) in [7, 11) is 0. The number of nitrogens with zero attached hydrogens (tertiary/aromatic N) is 4. The summed E-state index contributed by atoms with van der Waals surface area (Å²) < 4.78 is 0. The second kappa shape index (κ2) is 59.9. The number of hydrogen-bond donors (Lipinski definition) is 1. The molecular weight excluding hydrogens is 1030 g/mol. The fourth-order valence-electron chi connectivity index (χ4n) is 10.5. The molecule has 1 amide bonds. The number of piperidine rings is 1. The van der Waals surface area contributed by atoms with Gasteiger partial charge in [-0.05, 0) is 103 Å². The fraction of sp³-hybridized carbons (Fsp3) is 0.968. The Balaban J connectivity index is 0. The van der Waals surface area contributed by atoms with Crippen LogP contribution in [0.5, 0.6) is 0 Å². The first-order chi connectivity index (χ1) is 34.0. The Kier molecular flexibility index (Phi) is 61.6. The topological polar surface area (TPSA) is 50.3 Å². The number of rotatable bonds is 53. The van der Waals surface area contributed by atoms with Crippen molar-refractivity contribution in [3.8, 4) is 0 Å². The van der Waals surface area contributed by atoms with E-state index in [1.807, 2.05) is 0 Å². The number of unbranched alkanes of at least 4 members (excludes halogenated alkanes) is 34. The summed E-state index contributed by atoms with van der Waals surface area (Å²) in [4.78, 5) is 24.6. The van der Waals surface area contributed by atoms with Crippen LogP contribution in [-0.2, 0) is 25.9 Å². The quantitative estimate of drug-likeness (QED) is 0.0486. The van der Waals surface area contributed by atoms with Gasteiger partial charge in [-0.15, -0.1) is 0 Å². The van der Waals surface area contributed by atoms with E-state index in [0.717, 1.165) is 52.0 Å². The first-order valence-corrected chi connectivity index (χ1v) is 31.8. The summed E-state index contributed by atoms with van der Waals surface area (Å²) in [6.07, 6.45) is 57.3. The van der Waals surface area contributed by atoms with Crippen molar-refractivity contribution in [2.45, 2.75) is 311 Å². The minimum absolute atomic E-state index is 0. The number of aliphatic hydroxyl groups excluding tert-OH is 1. The number of likely N-dealkylation sites (tertiary alicyclic amines) is 1. The van der Waals surface area contributed by atoms with E-state index in [1.165, 1.54) is 290 Å². The number of carbonyl (C=O) groups excluding carboxylic acids is 1. The second-order valence-corrected chi connectivity index (χ2v) is 22.2. The molecule has 1 rings (SSSR count). The standard InChI is InChI=1S/C57H116N4O2.C6H13.W/c1-5-9-13-17-21-22-23-24-25-28-31-35-44-58(45-38-33-34-40-53-62)50-43-56-42-41-49-61(54-56)57(63)55-60(48-39-32-27-19-15-11-7-3)52-51-59(46-36-29-20-16-12-8-4)47-37-30-26-18-14-10-6-2;1-3-5-6-4-2;/h56,62H,5-55H2,1-4H3;1,3-6H2,2H3;/q;-1;. The Morgan fingerprint density at radius 2 is 0.743 bits per heavy atom. The van der Waals surface area contributed by atoms with Crippen molar-refractivity contribution >= 4 is 5.91 Å². The van der Waals surface area contributed by atoms with Crippen molar-refractivity contribution in [3.63, 3.8) is 0 Å². The maximum atomic E-state index is 14.2. The van der Waals surface area contributed by atoms with Gasteiger partial charge in [0.1, 0.15) is 0 Å². The SMILES string of the molecule is CCCCCCCCCCCCCCN(CCCCCCO)CCC1CCCN(C(=O)CN(CCCCCCCCC)CCN(CCCCCCCC)CCCCCCCCC)C1.[CH2-]CCCCC.[W]. The Morgan fingerprint density at radius 3 is 1.10 bits per heavy atom. The molecule has 1 aliphatic rings. The van der Waals surface area contributed by atoms with Crippen molar-refractivity contribution in [3.05, 3.63) is 6.92 Å². The largest absolute Gasteiger partial charge is 0.396 e. The Bertz CT molecular complexity index is 984. The Hall–Kier alpha value is -0.00169. The van der Waals surface area contributed by atoms with Crippen LogP contribution in [0.2, 0.25) is 0 Å². The predicted molar refractivity (Wildman–Crippen MR) is 309 cm³/mol. The molecule has 70 heavy (non-hydrogen) atoms. The molecule has 1 heterocycles. The third-order valence-corrected chi connectivity index (χ3v) is 15.4. The third kappa shape index (κ3) is 50.2. The van der Waals surface area contributed by atoms with E-state index < -0.39 is 0 Å². The predicted octanol–water partition coefficient (Wildman–Crippen LogP) is 18.0. The second-order valence-electron chi connectivity index (χ2n) is 22.2. The average Bonchev–Trinajstić information content (AvgIpc) is 3.36. The van der Waals surface area contributed by atoms with Crippen LogP contribution >= 0.6 is 0 Å². The molecule has 420 valence electrons. The minimum atomic E-state index is 0. The normalized spacial score (nSPS) is 13.9. The average molecular weight is 1160 g/mol. The van der Waals surface area contributed by atoms with Gasteiger partial charge in [0, 0.05) is 53.9 Å². The maximum Gasteiger partial charge on any atom is 0.236 e. The molecule has 0 saturated carbocycles. The van der Waals surface area contributed by atoms with Gasteiger partial charge in [0.05, 0.1) is 6.54 Å². The van der Waals surface area contributed by atoms with Gasteiger partial charge in [0.2, 0.25) is 5.91 Å². The van der Waals surface area contributed by atoms with E-state index in [4.69, 9.17) is 0 Å². The smallest absolute Gasteiger partial charge is 0.236 e. The van der Waals surface area contributed by atoms with Crippen LogP contribution in [-0.4, -0.2) is 109 Å². The fourth-order valence-corrected chi connectivity index (χ4v) is 10.5. The van der Waals surface area contributed by atoms with Gasteiger partial charge in [-0.2, -0.15) is 6.42 Å². The van der Waals surface area contributed by atoms with Gasteiger partial charge >= 0.3 is 0 Å². The monoisotopic (exact) mass is 1160 g/mol. The van der Waals surface area contributed by atoms with Crippen LogP contribution in [0.3, 0.4) is 0 Å². The Morgan fingerprint density at radius 1 is 0.429 bits per heavy atom. The zero-order chi connectivity index (χ0) is 50.4. The summed E-state index contributed by atoms with van der Waals surface area (Å²) in [6, 6.07) is 0. The molecule has 1 unspecified atom stereocenters. The summed E-state index contributed by atoms with van der Waals surface area (Å²) in [5, 5.41) is 9.30. The molecule has 1 saturated heterocycles. The van der Waals surface area contributed by atoms with Gasteiger partial charge in [0.15, 0.2) is 0 Å². The summed E-state index contributed by atoms with van der Waals surface area (Å²) in [5.74, 6) is 1.03. The van der Waals surface area contributed by atoms with E-state index in [9.17, 15) is 9.90 Å². The van der Waals surface area contributed by atoms with E-state index in [1.54, 1.807) is 0 Å². The number of aliphatic hydroxyl groups is 1. The number of carbonyl (C=O) groups is 1. The van der Waals surface area contributed by atoms with Crippen molar-refractivity contribution < 1.29 is 31.0 Å². The third-order valence-electron chi connectivity index (χ3n) is 15.4. The van der Waals surface area contributed by atoms with Crippen LogP contribution in [0, 0.1) is 12.8 Å². The maximum absolute atomic E-state index is 14.2. The molecule has 6 nitrogen and oxygen atoms in total. The molecular formula is C63H129N4O2W-. The molecule has 7 heteroatoms. The first kappa shape index (κ1) is 72.1. The van der Waals surface area contributed by atoms with Gasteiger partial charge in [0.25, 0.3) is 0 Å². The van der Waals surface area contributed by atoms with Crippen molar-refractivity contribution in [2.24, 2.45) is 5.92 Å². The molecule has 0 aromatic rings. The molecule has 0 spiro atoms. The van der Waals surface area contributed by atoms with Crippen molar-refractivity contribution in [1.82, 2.24) is 19.6 Å². The molecule has 0 aliphatic carbocycles. The van der Waals surface area contributed by atoms with Gasteiger partial charge in [-0.1, -0.05) is 247 Å². The number of amides is 1. The zero-order valence-electron chi connectivity index (χ0n) is 48.7. The van der Waals surface area contributed by atoms with Crippen LogP contribution in [0.1, 0.15) is 311 Å². The molecule has 1 atom stereocenters. The van der Waals surface area contributed by atoms with Gasteiger partial charge < -0.3 is 26.7 Å². The minimum Gasteiger partial charge on any atom is -0.396 e.